The molecule has 2 rings (SSSR count). The summed E-state index contributed by atoms with van der Waals surface area (Å²) in [5.74, 6) is 0.817. The molecule has 0 radical (unpaired) electrons. The number of nitrogens with zero attached hydrogens (tertiary/aromatic N) is 2. The number of nitriles is 1. The molecule has 1 saturated heterocycles. The highest BCUT2D eigenvalue weighted by Crippen LogP contribution is 2.22. The average molecular weight is 337 g/mol. The molecular formula is C16H21ClN4O2. The second-order valence-electron chi connectivity index (χ2n) is 5.46. The zero-order valence-corrected chi connectivity index (χ0v) is 13.6. The Morgan fingerprint density at radius 2 is 1.96 bits per heavy atom. The molecule has 0 atom stereocenters. The van der Waals surface area contributed by atoms with Crippen molar-refractivity contribution in [3.05, 3.63) is 29.8 Å². The van der Waals surface area contributed by atoms with Crippen LogP contribution in [0.3, 0.4) is 0 Å². The van der Waals surface area contributed by atoms with Gasteiger partial charge in [0.1, 0.15) is 5.75 Å². The Hall–Kier alpha value is -2.26. The van der Waals surface area contributed by atoms with Crippen molar-refractivity contribution in [2.24, 2.45) is 11.7 Å². The highest BCUT2D eigenvalue weighted by Gasteiger charge is 2.20. The fourth-order valence-electron chi connectivity index (χ4n) is 2.56. The number of nitrogens with one attached hydrogen (secondary N) is 1. The molecule has 0 bridgehead atoms. The van der Waals surface area contributed by atoms with Crippen molar-refractivity contribution in [1.82, 2.24) is 4.90 Å². The van der Waals surface area contributed by atoms with Gasteiger partial charge in [0.05, 0.1) is 11.6 Å². The minimum absolute atomic E-state index is 0. The number of ether oxygens (including phenoxy) is 1. The lowest BCUT2D eigenvalue weighted by Crippen LogP contribution is -2.42. The van der Waals surface area contributed by atoms with Crippen molar-refractivity contribution < 1.29 is 9.53 Å². The van der Waals surface area contributed by atoms with E-state index in [4.69, 9.17) is 21.1 Å². The number of hydrogen-bond acceptors (Lipinski definition) is 4. The van der Waals surface area contributed by atoms with Gasteiger partial charge in [-0.2, -0.15) is 5.26 Å². The average Bonchev–Trinajstić information content (AvgIpc) is 2.54. The first-order valence-corrected chi connectivity index (χ1v) is 7.38. The molecule has 7 heteroatoms. The molecule has 0 aromatic heterocycles. The Bertz CT molecular complexity index is 575. The number of carbonyl (C=O) groups excluding carboxylic acids is 1. The van der Waals surface area contributed by atoms with E-state index < -0.39 is 0 Å². The number of hydrogen-bond donors (Lipinski definition) is 2. The summed E-state index contributed by atoms with van der Waals surface area (Å²) in [7, 11) is 0. The predicted octanol–water partition coefficient (Wildman–Crippen LogP) is 2.27. The van der Waals surface area contributed by atoms with Crippen LogP contribution in [0.1, 0.15) is 31.2 Å². The molecular weight excluding hydrogens is 316 g/mol. The van der Waals surface area contributed by atoms with Crippen molar-refractivity contribution in [3.8, 4) is 11.8 Å². The molecule has 0 saturated carbocycles. The van der Waals surface area contributed by atoms with Gasteiger partial charge in [-0.3, -0.25) is 10.2 Å². The van der Waals surface area contributed by atoms with Crippen LogP contribution in [-0.2, 0) is 4.79 Å². The number of guanidine groups is 1. The summed E-state index contributed by atoms with van der Waals surface area (Å²) in [5, 5.41) is 16.1. The van der Waals surface area contributed by atoms with Gasteiger partial charge in [-0.25, -0.2) is 0 Å². The third-order valence-corrected chi connectivity index (χ3v) is 3.93. The molecule has 1 fully saturated rings. The molecule has 1 aromatic carbocycles. The quantitative estimate of drug-likeness (QED) is 0.380. The van der Waals surface area contributed by atoms with E-state index in [1.165, 1.54) is 0 Å². The molecule has 0 spiro atoms. The summed E-state index contributed by atoms with van der Waals surface area (Å²) in [5.41, 5.74) is 6.00. The summed E-state index contributed by atoms with van der Waals surface area (Å²) in [6.45, 7) is 1.56. The SMILES string of the molecule is Cl.N#Cc1ccc(OC(=O)CCC2CCN(C(=N)N)CC2)cc1. The fourth-order valence-corrected chi connectivity index (χ4v) is 2.56. The number of likely N-dealkylation sites (tertiary alicyclic amines) is 1. The first-order valence-electron chi connectivity index (χ1n) is 7.38. The molecule has 1 aliphatic rings. The van der Waals surface area contributed by atoms with Gasteiger partial charge in [0.2, 0.25) is 0 Å². The molecule has 1 aliphatic heterocycles. The number of rotatable bonds is 4. The highest BCUT2D eigenvalue weighted by atomic mass is 35.5. The van der Waals surface area contributed by atoms with E-state index in [9.17, 15) is 4.79 Å². The van der Waals surface area contributed by atoms with Gasteiger partial charge in [0.15, 0.2) is 5.96 Å². The van der Waals surface area contributed by atoms with Gasteiger partial charge in [-0.1, -0.05) is 0 Å². The van der Waals surface area contributed by atoms with Crippen LogP contribution in [0.5, 0.6) is 5.75 Å². The third kappa shape index (κ3) is 5.80. The van der Waals surface area contributed by atoms with Crippen LogP contribution in [0.2, 0.25) is 0 Å². The molecule has 6 nitrogen and oxygen atoms in total. The Balaban J connectivity index is 0.00000264. The normalized spacial score (nSPS) is 14.5. The molecule has 1 aromatic rings. The van der Waals surface area contributed by atoms with Gasteiger partial charge < -0.3 is 15.4 Å². The second kappa shape index (κ2) is 9.01. The number of piperidine rings is 1. The summed E-state index contributed by atoms with van der Waals surface area (Å²) >= 11 is 0. The smallest absolute Gasteiger partial charge is 0.311 e. The first kappa shape index (κ1) is 18.8. The van der Waals surface area contributed by atoms with Crippen LogP contribution in [0.4, 0.5) is 0 Å². The lowest BCUT2D eigenvalue weighted by Gasteiger charge is -2.31. The molecule has 0 aliphatic carbocycles. The van der Waals surface area contributed by atoms with Gasteiger partial charge >= 0.3 is 5.97 Å². The van der Waals surface area contributed by atoms with Crippen LogP contribution >= 0.6 is 12.4 Å². The maximum absolute atomic E-state index is 11.8. The van der Waals surface area contributed by atoms with Crippen LogP contribution in [0.25, 0.3) is 0 Å². The van der Waals surface area contributed by atoms with Gasteiger partial charge in [0.25, 0.3) is 0 Å². The highest BCUT2D eigenvalue weighted by molar-refractivity contribution is 5.85. The number of carbonyl (C=O) groups is 1. The van der Waals surface area contributed by atoms with E-state index in [0.29, 0.717) is 23.7 Å². The second-order valence-corrected chi connectivity index (χ2v) is 5.46. The van der Waals surface area contributed by atoms with Gasteiger partial charge in [-0.05, 0) is 49.4 Å². The van der Waals surface area contributed by atoms with Crippen LogP contribution in [0, 0.1) is 22.7 Å². The Morgan fingerprint density at radius 3 is 2.48 bits per heavy atom. The minimum atomic E-state index is -0.251. The van der Waals surface area contributed by atoms with E-state index in [0.717, 1.165) is 32.4 Å². The first-order chi connectivity index (χ1) is 10.6. The van der Waals surface area contributed by atoms with Crippen molar-refractivity contribution in [1.29, 1.82) is 10.7 Å². The lowest BCUT2D eigenvalue weighted by atomic mass is 9.92. The Kier molecular flexibility index (Phi) is 7.36. The van der Waals surface area contributed by atoms with Gasteiger partial charge in [0, 0.05) is 19.5 Å². The number of esters is 1. The van der Waals surface area contributed by atoms with Crippen LogP contribution < -0.4 is 10.5 Å². The summed E-state index contributed by atoms with van der Waals surface area (Å²) < 4.78 is 5.25. The topological polar surface area (TPSA) is 103 Å². The Morgan fingerprint density at radius 1 is 1.35 bits per heavy atom. The number of benzene rings is 1. The predicted molar refractivity (Wildman–Crippen MR) is 89.5 cm³/mol. The standard InChI is InChI=1S/C16H20N4O2.ClH/c17-11-13-1-4-14(5-2-13)22-15(21)6-3-12-7-9-20(10-8-12)16(18)19;/h1-2,4-5,12H,3,6-10H2,(H3,18,19);1H. The maximum atomic E-state index is 11.8. The van der Waals surface area contributed by atoms with E-state index in [1.807, 2.05) is 11.0 Å². The molecule has 1 heterocycles. The lowest BCUT2D eigenvalue weighted by molar-refractivity contribution is -0.134. The van der Waals surface area contributed by atoms with Crippen LogP contribution in [-0.4, -0.2) is 29.9 Å². The minimum Gasteiger partial charge on any atom is -0.427 e. The number of nitrogens with two attached hydrogens (primary N) is 1. The molecule has 0 amide bonds. The monoisotopic (exact) mass is 336 g/mol. The Labute approximate surface area is 142 Å². The molecule has 23 heavy (non-hydrogen) atoms. The summed E-state index contributed by atoms with van der Waals surface area (Å²) in [6, 6.07) is 8.52. The largest absolute Gasteiger partial charge is 0.427 e. The molecule has 124 valence electrons. The van der Waals surface area contributed by atoms with Crippen molar-refractivity contribution in [3.63, 3.8) is 0 Å². The number of halogens is 1. The van der Waals surface area contributed by atoms with Crippen LogP contribution in [0.15, 0.2) is 24.3 Å². The van der Waals surface area contributed by atoms with Gasteiger partial charge in [-0.15, -0.1) is 12.4 Å². The van der Waals surface area contributed by atoms with Crippen molar-refractivity contribution in [2.45, 2.75) is 25.7 Å². The zero-order chi connectivity index (χ0) is 15.9. The van der Waals surface area contributed by atoms with Crippen molar-refractivity contribution in [2.75, 3.05) is 13.1 Å². The fraction of sp³-hybridized carbons (Fsp3) is 0.438. The van der Waals surface area contributed by atoms with E-state index in [-0.39, 0.29) is 24.3 Å². The van der Waals surface area contributed by atoms with E-state index in [2.05, 4.69) is 0 Å². The maximum Gasteiger partial charge on any atom is 0.311 e. The summed E-state index contributed by atoms with van der Waals surface area (Å²) in [6.07, 6.45) is 3.07. The van der Waals surface area contributed by atoms with Crippen molar-refractivity contribution >= 4 is 24.3 Å². The van der Waals surface area contributed by atoms with E-state index in [1.54, 1.807) is 24.3 Å². The third-order valence-electron chi connectivity index (χ3n) is 3.93. The summed E-state index contributed by atoms with van der Waals surface area (Å²) in [4.78, 5) is 13.7. The van der Waals surface area contributed by atoms with E-state index >= 15 is 0 Å². The molecule has 3 N–H and O–H groups in total. The zero-order valence-electron chi connectivity index (χ0n) is 12.8. The molecule has 0 unspecified atom stereocenters.